The summed E-state index contributed by atoms with van der Waals surface area (Å²) in [7, 11) is 1.45. The van der Waals surface area contributed by atoms with E-state index in [9.17, 15) is 14.7 Å². The molecule has 6 unspecified atom stereocenters. The maximum atomic E-state index is 12.0. The van der Waals surface area contributed by atoms with Gasteiger partial charge in [0.2, 0.25) is 0 Å². The molecule has 6 aliphatic carbocycles. The zero-order valence-corrected chi connectivity index (χ0v) is 35.4. The van der Waals surface area contributed by atoms with Crippen molar-refractivity contribution in [2.45, 2.75) is 105 Å². The Balaban J connectivity index is 0.000000155. The molecule has 2 heterocycles. The number of aromatic nitrogens is 4. The topological polar surface area (TPSA) is 99.2 Å². The van der Waals surface area contributed by atoms with Crippen molar-refractivity contribution in [2.24, 2.45) is 34.5 Å². The van der Waals surface area contributed by atoms with Crippen LogP contribution in [0.3, 0.4) is 0 Å². The molecule has 0 bridgehead atoms. The van der Waals surface area contributed by atoms with Crippen molar-refractivity contribution in [3.8, 4) is 0 Å². The number of hydrogen-bond acceptors (Lipinski definition) is 5. The van der Waals surface area contributed by atoms with Crippen molar-refractivity contribution in [1.29, 1.82) is 0 Å². The van der Waals surface area contributed by atoms with Crippen LogP contribution in [0.4, 0.5) is 0 Å². The van der Waals surface area contributed by atoms with Gasteiger partial charge in [-0.15, -0.1) is 0 Å². The Morgan fingerprint density at radius 2 is 1.11 bits per heavy atom. The number of ether oxygens (including phenoxy) is 1. The molecule has 63 heavy (non-hydrogen) atoms. The van der Waals surface area contributed by atoms with Crippen LogP contribution in [0.1, 0.15) is 135 Å². The normalized spacial score (nSPS) is 28.5. The molecule has 0 radical (unpaired) electrons. The van der Waals surface area contributed by atoms with E-state index in [1.54, 1.807) is 6.07 Å². The predicted octanol–water partition coefficient (Wildman–Crippen LogP) is 12.8. The lowest BCUT2D eigenvalue weighted by atomic mass is 9.55. The number of aryl methyl sites for hydroxylation is 2. The van der Waals surface area contributed by atoms with E-state index in [0.717, 1.165) is 49.6 Å². The Morgan fingerprint density at radius 3 is 1.59 bits per heavy atom. The third kappa shape index (κ3) is 6.61. The van der Waals surface area contributed by atoms with Crippen molar-refractivity contribution in [1.82, 2.24) is 19.1 Å². The molecule has 6 aliphatic rings. The Labute approximate surface area is 372 Å². The summed E-state index contributed by atoms with van der Waals surface area (Å²) in [5.41, 5.74) is 14.3. The number of carbonyl (C=O) groups excluding carboxylic acids is 1. The average molecular weight is 843 g/mol. The van der Waals surface area contributed by atoms with Gasteiger partial charge in [-0.2, -0.15) is 0 Å². The number of para-hydroxylation sites is 4. The number of aromatic carboxylic acids is 1. The number of imidazole rings is 2. The van der Waals surface area contributed by atoms with E-state index in [-0.39, 0.29) is 31.7 Å². The fourth-order valence-electron chi connectivity index (χ4n) is 13.7. The number of hydrogen-bond donors (Lipinski definition) is 1. The summed E-state index contributed by atoms with van der Waals surface area (Å²) in [6.45, 7) is 4.95. The van der Waals surface area contributed by atoms with Gasteiger partial charge in [0.25, 0.3) is 0 Å². The molecular weight excluding hydrogens is 781 g/mol. The molecule has 8 nitrogen and oxygen atoms in total. The van der Waals surface area contributed by atoms with Gasteiger partial charge in [0, 0.05) is 22.2 Å². The predicted molar refractivity (Wildman–Crippen MR) is 253 cm³/mol. The Kier molecular flexibility index (Phi) is 10.9. The second-order valence-corrected chi connectivity index (χ2v) is 19.2. The first-order chi connectivity index (χ1) is 29.7. The first-order valence-electron chi connectivity index (χ1n) is 22.5. The molecule has 8 atom stereocenters. The monoisotopic (exact) mass is 842 g/mol. The summed E-state index contributed by atoms with van der Waals surface area (Å²) in [5.74, 6) is 2.75. The number of carboxylic acids is 1. The smallest absolute Gasteiger partial charge is 0.337 e. The molecule has 6 aromatic rings. The van der Waals surface area contributed by atoms with E-state index >= 15 is 0 Å². The third-order valence-electron chi connectivity index (χ3n) is 16.6. The highest BCUT2D eigenvalue weighted by Crippen LogP contribution is 2.64. The first-order valence-corrected chi connectivity index (χ1v) is 22.5. The minimum Gasteiger partial charge on any atom is -0.478 e. The van der Waals surface area contributed by atoms with Gasteiger partial charge in [-0.25, -0.2) is 19.6 Å². The highest BCUT2D eigenvalue weighted by atomic mass is 16.5. The minimum atomic E-state index is -0.826. The van der Waals surface area contributed by atoms with Crippen LogP contribution in [0.5, 0.6) is 0 Å². The number of benzene rings is 4. The summed E-state index contributed by atoms with van der Waals surface area (Å²) in [6, 6.07) is 28.9. The fourth-order valence-corrected chi connectivity index (χ4v) is 13.7. The molecule has 2 aromatic heterocycles. The van der Waals surface area contributed by atoms with Crippen molar-refractivity contribution in [3.05, 3.63) is 143 Å². The number of nitrogens with zero attached hydrogens (tertiary/aromatic N) is 4. The fraction of sp³-hybridized carbons (Fsp3) is 0.418. The van der Waals surface area contributed by atoms with Crippen molar-refractivity contribution in [3.63, 3.8) is 0 Å². The van der Waals surface area contributed by atoms with Gasteiger partial charge >= 0.3 is 11.9 Å². The number of rotatable bonds is 4. The number of allylic oxidation sites excluding steroid dienone is 4. The number of methoxy groups -OCH3 is 1. The maximum Gasteiger partial charge on any atom is 0.337 e. The largest absolute Gasteiger partial charge is 0.478 e. The molecule has 8 heteroatoms. The van der Waals surface area contributed by atoms with E-state index in [0.29, 0.717) is 46.6 Å². The number of carbonyl (C=O) groups is 2. The van der Waals surface area contributed by atoms with Gasteiger partial charge in [-0.3, -0.25) is 0 Å². The minimum absolute atomic E-state index is 0. The van der Waals surface area contributed by atoms with Crippen LogP contribution in [0, 0.1) is 34.5 Å². The Bertz CT molecular complexity index is 2810. The van der Waals surface area contributed by atoms with Crippen LogP contribution >= 0.6 is 0 Å². The molecular formula is C55H62N4O4. The van der Waals surface area contributed by atoms with Gasteiger partial charge in [0.05, 0.1) is 40.3 Å². The Morgan fingerprint density at radius 1 is 0.651 bits per heavy atom. The van der Waals surface area contributed by atoms with Gasteiger partial charge in [0.1, 0.15) is 12.7 Å². The van der Waals surface area contributed by atoms with Gasteiger partial charge in [-0.05, 0) is 171 Å². The molecule has 2 saturated carbocycles. The molecule has 326 valence electrons. The number of esters is 1. The first kappa shape index (κ1) is 42.5. The molecule has 0 amide bonds. The maximum absolute atomic E-state index is 12.0. The van der Waals surface area contributed by atoms with E-state index in [2.05, 4.69) is 106 Å². The van der Waals surface area contributed by atoms with Crippen molar-refractivity contribution >= 4 is 45.4 Å². The van der Waals surface area contributed by atoms with Gasteiger partial charge in [0.15, 0.2) is 0 Å². The molecule has 0 spiro atoms. The second-order valence-electron chi connectivity index (χ2n) is 19.2. The van der Waals surface area contributed by atoms with Crippen molar-refractivity contribution in [2.75, 3.05) is 7.11 Å². The Hall–Kier alpha value is -5.76. The van der Waals surface area contributed by atoms with E-state index in [1.807, 2.05) is 30.9 Å². The summed E-state index contributed by atoms with van der Waals surface area (Å²) in [4.78, 5) is 32.7. The van der Waals surface area contributed by atoms with E-state index < -0.39 is 5.97 Å². The SMILES string of the molecule is C.C.COC(=O)c1ccc2c(c1)CCC1C2CC[C@]2(C)C(n3cnc4ccccc43)=CCC12.C[C@]12CCC3c4ccc(C(=O)O)cc4CCC3C1CC=C2n1cnc2ccccc21. The van der Waals surface area contributed by atoms with E-state index in [4.69, 9.17) is 4.74 Å². The van der Waals surface area contributed by atoms with Crippen LogP contribution in [0.2, 0.25) is 0 Å². The molecule has 4 aromatic carbocycles. The molecule has 2 fully saturated rings. The van der Waals surface area contributed by atoms with Crippen LogP contribution in [-0.4, -0.2) is 43.3 Å². The third-order valence-corrected chi connectivity index (χ3v) is 16.6. The molecule has 12 rings (SSSR count). The summed E-state index contributed by atoms with van der Waals surface area (Å²) >= 11 is 0. The van der Waals surface area contributed by atoms with Gasteiger partial charge < -0.3 is 19.0 Å². The van der Waals surface area contributed by atoms with Crippen molar-refractivity contribution < 1.29 is 19.4 Å². The van der Waals surface area contributed by atoms with Crippen LogP contribution < -0.4 is 0 Å². The van der Waals surface area contributed by atoms with Gasteiger partial charge in [-0.1, -0.05) is 77.3 Å². The summed E-state index contributed by atoms with van der Waals surface area (Å²) < 4.78 is 9.60. The molecule has 1 N–H and O–H groups in total. The highest BCUT2D eigenvalue weighted by Gasteiger charge is 2.54. The summed E-state index contributed by atoms with van der Waals surface area (Å²) in [6.07, 6.45) is 20.4. The highest BCUT2D eigenvalue weighted by molar-refractivity contribution is 5.90. The zero-order chi connectivity index (χ0) is 41.6. The lowest BCUT2D eigenvalue weighted by Gasteiger charge is -2.50. The molecule has 0 saturated heterocycles. The van der Waals surface area contributed by atoms with Crippen LogP contribution in [0.15, 0.2) is 110 Å². The zero-order valence-electron chi connectivity index (χ0n) is 35.4. The number of fused-ring (bicyclic) bond motifs is 12. The lowest BCUT2D eigenvalue weighted by molar-refractivity contribution is 0.0599. The second kappa shape index (κ2) is 16.1. The number of carboxylic acid groups (broad SMARTS) is 1. The standard InChI is InChI=1S/C27H28N2O2.C26H26N2O2.2CH4/c1-27-14-13-20-19-9-8-18(26(30)31-2)15-17(19)7-10-21(20)22(27)11-12-25(27)29-16-28-23-5-3-4-6-24(23)29;1-26-13-12-19-18-8-7-17(25(29)30)14-16(18)6-9-20(19)21(26)10-11-24(26)28-15-27-22-4-2-3-5-23(22)28;;/h3-6,8-9,12,15-16,20-22H,7,10-11,13-14H2,1-2H3;2-5,7-8,11,14-15,19-21H,6,9-10,12-13H2,1H3,(H,29,30);2*1H4/t20?,21?,22?,27-;19?,20?,21?,26-;;/m00../s1. The van der Waals surface area contributed by atoms with Crippen LogP contribution in [0.25, 0.3) is 33.5 Å². The lowest BCUT2D eigenvalue weighted by Crippen LogP contribution is -2.41. The quantitative estimate of drug-likeness (QED) is 0.177. The van der Waals surface area contributed by atoms with Crippen LogP contribution in [-0.2, 0) is 17.6 Å². The molecule has 0 aliphatic heterocycles. The average Bonchev–Trinajstić information content (AvgIpc) is 4.08. The van der Waals surface area contributed by atoms with E-state index in [1.165, 1.54) is 77.5 Å². The summed E-state index contributed by atoms with van der Waals surface area (Å²) in [5, 5.41) is 9.36.